The molecular weight excluding hydrogens is 593 g/mol. The van der Waals surface area contributed by atoms with Crippen LogP contribution in [0.4, 0.5) is 17.1 Å². The van der Waals surface area contributed by atoms with Crippen LogP contribution in [0, 0.1) is 5.41 Å². The summed E-state index contributed by atoms with van der Waals surface area (Å²) >= 11 is 13.9. The number of rotatable bonds is 8. The third kappa shape index (κ3) is 7.67. The number of aromatic nitrogens is 1. The van der Waals surface area contributed by atoms with Crippen LogP contribution in [0.5, 0.6) is 0 Å². The number of piperazine rings is 1. The van der Waals surface area contributed by atoms with Crippen LogP contribution in [0.3, 0.4) is 0 Å². The Bertz CT molecular complexity index is 1440. The Hall–Kier alpha value is -3.02. The fraction of sp³-hybridized carbons (Fsp3) is 0.367. The van der Waals surface area contributed by atoms with E-state index in [1.807, 2.05) is 24.3 Å². The molecule has 9 nitrogen and oxygen atoms in total. The van der Waals surface area contributed by atoms with Gasteiger partial charge >= 0.3 is 0 Å². The number of hydrogen-bond acceptors (Lipinski definition) is 9. The van der Waals surface area contributed by atoms with Crippen molar-refractivity contribution >= 4 is 63.8 Å². The molecule has 12 heteroatoms. The van der Waals surface area contributed by atoms with Crippen molar-refractivity contribution in [3.63, 3.8) is 0 Å². The van der Waals surface area contributed by atoms with Gasteiger partial charge in [-0.05, 0) is 74.0 Å². The number of carbonyl (C=O) groups is 1. The number of amidine groups is 1. The van der Waals surface area contributed by atoms with Gasteiger partial charge in [0, 0.05) is 72.6 Å². The standard InChI is InChI=1S/C30H35Cl2N7O2S/c1-38-10-12-39(13-11-38)22-3-4-23(26(17-22)35-21-8-14-41-15-9-21)30(40)37-29(34)28-25(33)6-7-27(36-28)42-18-19-16-20(31)2-5-24(19)32/h2-7,16-17,21,35H,8-15,18,33H2,1H3,(H2,34,37,40). The van der Waals surface area contributed by atoms with Crippen molar-refractivity contribution in [2.75, 3.05) is 62.4 Å². The lowest BCUT2D eigenvalue weighted by atomic mass is 10.1. The van der Waals surface area contributed by atoms with Crippen molar-refractivity contribution in [3.05, 3.63) is 75.4 Å². The molecule has 1 amide bonds. The van der Waals surface area contributed by atoms with E-state index in [1.54, 1.807) is 24.3 Å². The number of nitrogen functional groups attached to an aromatic ring is 1. The topological polar surface area (TPSA) is 120 Å². The highest BCUT2D eigenvalue weighted by Crippen LogP contribution is 2.30. The molecule has 42 heavy (non-hydrogen) atoms. The van der Waals surface area contributed by atoms with Gasteiger partial charge in [0.1, 0.15) is 5.69 Å². The normalized spacial score (nSPS) is 16.3. The molecule has 2 aliphatic rings. The van der Waals surface area contributed by atoms with Crippen molar-refractivity contribution < 1.29 is 9.53 Å². The molecule has 1 aromatic heterocycles. The monoisotopic (exact) mass is 627 g/mol. The van der Waals surface area contributed by atoms with Gasteiger partial charge in [-0.2, -0.15) is 0 Å². The van der Waals surface area contributed by atoms with E-state index in [9.17, 15) is 4.79 Å². The molecule has 0 aliphatic carbocycles. The fourth-order valence-electron chi connectivity index (χ4n) is 4.95. The Morgan fingerprint density at radius 2 is 1.86 bits per heavy atom. The minimum absolute atomic E-state index is 0.166. The van der Waals surface area contributed by atoms with Gasteiger partial charge < -0.3 is 30.9 Å². The smallest absolute Gasteiger partial charge is 0.258 e. The van der Waals surface area contributed by atoms with Gasteiger partial charge in [-0.15, -0.1) is 11.8 Å². The minimum Gasteiger partial charge on any atom is -0.397 e. The molecular formula is C30H35Cl2N7O2S. The van der Waals surface area contributed by atoms with Crippen molar-refractivity contribution in [2.45, 2.75) is 29.7 Å². The summed E-state index contributed by atoms with van der Waals surface area (Å²) in [5, 5.41) is 16.8. The van der Waals surface area contributed by atoms with E-state index in [2.05, 4.69) is 32.5 Å². The maximum absolute atomic E-state index is 13.6. The van der Waals surface area contributed by atoms with Crippen LogP contribution in [0.15, 0.2) is 53.6 Å². The van der Waals surface area contributed by atoms with Crippen LogP contribution in [0.1, 0.15) is 34.5 Å². The highest BCUT2D eigenvalue weighted by Gasteiger charge is 2.22. The summed E-state index contributed by atoms with van der Waals surface area (Å²) in [5.41, 5.74) is 9.85. The molecule has 0 radical (unpaired) electrons. The molecule has 0 atom stereocenters. The molecule has 0 saturated carbocycles. The van der Waals surface area contributed by atoms with Crippen molar-refractivity contribution in [1.29, 1.82) is 5.41 Å². The second-order valence-electron chi connectivity index (χ2n) is 10.5. The quantitative estimate of drug-likeness (QED) is 0.150. The highest BCUT2D eigenvalue weighted by molar-refractivity contribution is 7.98. The zero-order valence-corrected chi connectivity index (χ0v) is 25.8. The van der Waals surface area contributed by atoms with Crippen LogP contribution in [-0.4, -0.2) is 74.1 Å². The highest BCUT2D eigenvalue weighted by atomic mass is 35.5. The average Bonchev–Trinajstić information content (AvgIpc) is 2.99. The molecule has 5 rings (SSSR count). The summed E-state index contributed by atoms with van der Waals surface area (Å²) in [6, 6.07) is 14.8. The van der Waals surface area contributed by atoms with Crippen LogP contribution in [0.25, 0.3) is 0 Å². The second-order valence-corrected chi connectivity index (χ2v) is 12.3. The maximum Gasteiger partial charge on any atom is 0.258 e. The van der Waals surface area contributed by atoms with Gasteiger partial charge in [0.25, 0.3) is 5.91 Å². The van der Waals surface area contributed by atoms with Crippen molar-refractivity contribution in [1.82, 2.24) is 15.2 Å². The lowest BCUT2D eigenvalue weighted by Gasteiger charge is -2.34. The Kier molecular flexibility index (Phi) is 10.1. The number of benzene rings is 2. The van der Waals surface area contributed by atoms with Gasteiger partial charge in [0.15, 0.2) is 5.84 Å². The number of nitrogens with two attached hydrogens (primary N) is 1. The number of thioether (sulfide) groups is 1. The fourth-order valence-corrected chi connectivity index (χ4v) is 6.27. The van der Waals surface area contributed by atoms with Gasteiger partial charge in [-0.3, -0.25) is 10.2 Å². The van der Waals surface area contributed by atoms with E-state index >= 15 is 0 Å². The summed E-state index contributed by atoms with van der Waals surface area (Å²) in [4.78, 5) is 22.8. The third-order valence-electron chi connectivity index (χ3n) is 7.46. The summed E-state index contributed by atoms with van der Waals surface area (Å²) in [6.07, 6.45) is 1.72. The number of anilines is 3. The number of pyridine rings is 1. The number of halogens is 2. The first-order valence-corrected chi connectivity index (χ1v) is 15.7. The molecule has 3 aromatic rings. The van der Waals surface area contributed by atoms with Gasteiger partial charge in [-0.1, -0.05) is 23.2 Å². The van der Waals surface area contributed by atoms with E-state index in [1.165, 1.54) is 11.8 Å². The molecule has 0 bridgehead atoms. The first kappa shape index (κ1) is 30.4. The summed E-state index contributed by atoms with van der Waals surface area (Å²) in [5.74, 6) is -0.0265. The SMILES string of the molecule is CN1CCN(c2ccc(C(=O)NC(=N)c3nc(SCc4cc(Cl)ccc4Cl)ccc3N)c(NC3CCOCC3)c2)CC1. The van der Waals surface area contributed by atoms with Crippen LogP contribution in [0.2, 0.25) is 10.0 Å². The zero-order chi connectivity index (χ0) is 29.6. The van der Waals surface area contributed by atoms with Gasteiger partial charge in [0.05, 0.1) is 16.3 Å². The predicted octanol–water partition coefficient (Wildman–Crippen LogP) is 5.36. The van der Waals surface area contributed by atoms with E-state index in [0.717, 1.165) is 56.0 Å². The van der Waals surface area contributed by atoms with Crippen molar-refractivity contribution in [2.24, 2.45) is 0 Å². The van der Waals surface area contributed by atoms with Gasteiger partial charge in [-0.25, -0.2) is 4.98 Å². The average molecular weight is 629 g/mol. The Morgan fingerprint density at radius 1 is 1.10 bits per heavy atom. The zero-order valence-electron chi connectivity index (χ0n) is 23.5. The first-order chi connectivity index (χ1) is 20.3. The van der Waals surface area contributed by atoms with Crippen LogP contribution < -0.4 is 21.3 Å². The van der Waals surface area contributed by atoms with Crippen LogP contribution in [-0.2, 0) is 10.5 Å². The second kappa shape index (κ2) is 14.0. The molecule has 0 unspecified atom stereocenters. The third-order valence-corrected chi connectivity index (χ3v) is 9.04. The predicted molar refractivity (Wildman–Crippen MR) is 173 cm³/mol. The molecule has 0 spiro atoms. The lowest BCUT2D eigenvalue weighted by molar-refractivity contribution is 0.0904. The lowest BCUT2D eigenvalue weighted by Crippen LogP contribution is -2.44. The number of ether oxygens (including phenoxy) is 1. The van der Waals surface area contributed by atoms with Gasteiger partial charge in [0.2, 0.25) is 0 Å². The number of hydrogen-bond donors (Lipinski definition) is 4. The molecule has 222 valence electrons. The minimum atomic E-state index is -0.399. The summed E-state index contributed by atoms with van der Waals surface area (Å²) in [7, 11) is 2.13. The molecule has 2 saturated heterocycles. The number of carbonyl (C=O) groups excluding carboxylic acids is 1. The van der Waals surface area contributed by atoms with E-state index in [-0.39, 0.29) is 17.6 Å². The van der Waals surface area contributed by atoms with E-state index < -0.39 is 5.91 Å². The number of likely N-dealkylation sites (N-methyl/N-ethyl adjacent to an activating group) is 1. The number of nitrogens with zero attached hydrogens (tertiary/aromatic N) is 3. The maximum atomic E-state index is 13.6. The van der Waals surface area contributed by atoms with E-state index in [4.69, 9.17) is 39.1 Å². The van der Waals surface area contributed by atoms with Crippen molar-refractivity contribution in [3.8, 4) is 0 Å². The molecule has 2 aromatic carbocycles. The number of nitrogens with one attached hydrogen (secondary N) is 3. The molecule has 5 N–H and O–H groups in total. The van der Waals surface area contributed by atoms with Crippen LogP contribution >= 0.6 is 35.0 Å². The largest absolute Gasteiger partial charge is 0.397 e. The number of amides is 1. The van der Waals surface area contributed by atoms with E-state index in [0.29, 0.717) is 45.3 Å². The first-order valence-electron chi connectivity index (χ1n) is 13.9. The molecule has 3 heterocycles. The molecule has 2 aliphatic heterocycles. The summed E-state index contributed by atoms with van der Waals surface area (Å²) in [6.45, 7) is 5.19. The Balaban J connectivity index is 1.32. The Labute approximate surface area is 260 Å². The molecule has 2 fully saturated rings. The summed E-state index contributed by atoms with van der Waals surface area (Å²) < 4.78 is 5.53. The Morgan fingerprint density at radius 3 is 2.62 bits per heavy atom.